The topological polar surface area (TPSA) is 68.0 Å². The predicted molar refractivity (Wildman–Crippen MR) is 77.8 cm³/mol. The van der Waals surface area contributed by atoms with Crippen LogP contribution in [-0.2, 0) is 0 Å². The lowest BCUT2D eigenvalue weighted by Crippen LogP contribution is -2.13. The van der Waals surface area contributed by atoms with Crippen molar-refractivity contribution in [3.8, 4) is 0 Å². The molecule has 98 valence electrons. The van der Waals surface area contributed by atoms with Crippen molar-refractivity contribution in [2.75, 3.05) is 11.1 Å². The first kappa shape index (κ1) is 13.6. The summed E-state index contributed by atoms with van der Waals surface area (Å²) in [6, 6.07) is 4.76. The zero-order chi connectivity index (χ0) is 14.0. The van der Waals surface area contributed by atoms with Crippen molar-refractivity contribution in [1.29, 1.82) is 0 Å². The van der Waals surface area contributed by atoms with Gasteiger partial charge in [-0.25, -0.2) is 0 Å². The van der Waals surface area contributed by atoms with Gasteiger partial charge in [0, 0.05) is 11.8 Å². The number of carbonyl (C=O) groups excluding carboxylic acids is 1. The average molecular weight is 296 g/mol. The highest BCUT2D eigenvalue weighted by molar-refractivity contribution is 6.44. The fourth-order valence-electron chi connectivity index (χ4n) is 1.53. The monoisotopic (exact) mass is 295 g/mol. The van der Waals surface area contributed by atoms with Crippen molar-refractivity contribution < 1.29 is 4.79 Å². The van der Waals surface area contributed by atoms with Crippen molar-refractivity contribution >= 4 is 40.5 Å². The molecule has 0 aliphatic rings. The highest BCUT2D eigenvalue weighted by Crippen LogP contribution is 2.29. The second-order valence-corrected chi connectivity index (χ2v) is 4.79. The number of aromatic nitrogens is 1. The molecule has 4 nitrogen and oxygen atoms in total. The molecule has 0 unspecified atom stereocenters. The molecule has 0 fully saturated rings. The maximum absolute atomic E-state index is 12.1. The fourth-order valence-corrected chi connectivity index (χ4v) is 1.87. The number of hydrogen-bond donors (Lipinski definition) is 2. The lowest BCUT2D eigenvalue weighted by molar-refractivity contribution is 0.102. The first-order valence-corrected chi connectivity index (χ1v) is 6.21. The molecule has 0 saturated carbocycles. The third-order valence-electron chi connectivity index (χ3n) is 2.61. The summed E-state index contributed by atoms with van der Waals surface area (Å²) in [5.74, 6) is -0.318. The van der Waals surface area contributed by atoms with E-state index in [9.17, 15) is 4.79 Å². The molecule has 0 atom stereocenters. The number of nitrogens with one attached hydrogen (secondary N) is 1. The number of aryl methyl sites for hydroxylation is 1. The van der Waals surface area contributed by atoms with E-state index in [0.29, 0.717) is 11.3 Å². The largest absolute Gasteiger partial charge is 0.397 e. The number of pyridine rings is 1. The van der Waals surface area contributed by atoms with Crippen molar-refractivity contribution in [3.63, 3.8) is 0 Å². The zero-order valence-electron chi connectivity index (χ0n) is 10.1. The fraction of sp³-hybridized carbons (Fsp3) is 0.0769. The van der Waals surface area contributed by atoms with E-state index in [0.717, 1.165) is 5.56 Å². The van der Waals surface area contributed by atoms with E-state index in [1.165, 1.54) is 12.1 Å². The Labute approximate surface area is 120 Å². The van der Waals surface area contributed by atoms with Gasteiger partial charge in [-0.05, 0) is 30.7 Å². The summed E-state index contributed by atoms with van der Waals surface area (Å²) < 4.78 is 0. The van der Waals surface area contributed by atoms with Crippen molar-refractivity contribution in [1.82, 2.24) is 4.98 Å². The average Bonchev–Trinajstić information content (AvgIpc) is 2.38. The van der Waals surface area contributed by atoms with Crippen molar-refractivity contribution in [2.24, 2.45) is 0 Å². The molecule has 1 heterocycles. The van der Waals surface area contributed by atoms with Crippen LogP contribution < -0.4 is 11.1 Å². The Morgan fingerprint density at radius 1 is 1.37 bits per heavy atom. The second kappa shape index (κ2) is 5.47. The Balaban J connectivity index is 2.28. The van der Waals surface area contributed by atoms with E-state index < -0.39 is 0 Å². The van der Waals surface area contributed by atoms with E-state index in [2.05, 4.69) is 10.3 Å². The predicted octanol–water partition coefficient (Wildman–Crippen LogP) is 3.53. The number of rotatable bonds is 2. The number of nitrogens with zero attached hydrogens (tertiary/aromatic N) is 1. The molecule has 1 amide bonds. The number of hydrogen-bond acceptors (Lipinski definition) is 3. The molecular weight excluding hydrogens is 285 g/mol. The lowest BCUT2D eigenvalue weighted by atomic mass is 10.1. The van der Waals surface area contributed by atoms with E-state index in [1.54, 1.807) is 18.5 Å². The number of benzene rings is 1. The van der Waals surface area contributed by atoms with Crippen LogP contribution in [0.5, 0.6) is 0 Å². The highest BCUT2D eigenvalue weighted by Gasteiger charge is 2.12. The van der Waals surface area contributed by atoms with Crippen LogP contribution in [0.25, 0.3) is 0 Å². The molecule has 1 aromatic carbocycles. The molecule has 2 aromatic rings. The highest BCUT2D eigenvalue weighted by atomic mass is 35.5. The lowest BCUT2D eigenvalue weighted by Gasteiger charge is -2.09. The van der Waals surface area contributed by atoms with E-state index >= 15 is 0 Å². The third kappa shape index (κ3) is 2.97. The zero-order valence-corrected chi connectivity index (χ0v) is 11.6. The van der Waals surface area contributed by atoms with Crippen LogP contribution in [0.4, 0.5) is 11.4 Å². The van der Waals surface area contributed by atoms with Gasteiger partial charge in [-0.15, -0.1) is 0 Å². The number of amides is 1. The van der Waals surface area contributed by atoms with Gasteiger partial charge in [-0.1, -0.05) is 23.2 Å². The molecule has 19 heavy (non-hydrogen) atoms. The van der Waals surface area contributed by atoms with Crippen molar-refractivity contribution in [2.45, 2.75) is 6.92 Å². The summed E-state index contributed by atoms with van der Waals surface area (Å²) >= 11 is 11.7. The standard InChI is InChI=1S/C13H11Cl2N3O/c1-7-2-3-17-6-11(7)18-13(19)8-4-9(14)12(15)10(16)5-8/h2-6H,16H2,1H3,(H,18,19). The third-order valence-corrected chi connectivity index (χ3v) is 3.42. The minimum absolute atomic E-state index is 0.245. The summed E-state index contributed by atoms with van der Waals surface area (Å²) in [4.78, 5) is 16.0. The van der Waals surface area contributed by atoms with Crippen LogP contribution in [0.2, 0.25) is 10.0 Å². The van der Waals surface area contributed by atoms with Crippen LogP contribution in [-0.4, -0.2) is 10.9 Å². The van der Waals surface area contributed by atoms with E-state index in [-0.39, 0.29) is 21.6 Å². The quantitative estimate of drug-likeness (QED) is 0.833. The summed E-state index contributed by atoms with van der Waals surface area (Å²) in [5, 5.41) is 3.23. The Bertz CT molecular complexity index is 621. The molecule has 0 aliphatic heterocycles. The molecule has 0 radical (unpaired) electrons. The van der Waals surface area contributed by atoms with Crippen LogP contribution >= 0.6 is 23.2 Å². The Hall–Kier alpha value is -1.78. The smallest absolute Gasteiger partial charge is 0.255 e. The molecule has 6 heteroatoms. The van der Waals surface area contributed by atoms with Crippen LogP contribution in [0.1, 0.15) is 15.9 Å². The number of carbonyl (C=O) groups is 1. The summed E-state index contributed by atoms with van der Waals surface area (Å²) in [7, 11) is 0. The SMILES string of the molecule is Cc1ccncc1NC(=O)c1cc(N)c(Cl)c(Cl)c1. The van der Waals surface area contributed by atoms with E-state index in [1.807, 2.05) is 6.92 Å². The summed E-state index contributed by atoms with van der Waals surface area (Å²) in [6.45, 7) is 1.88. The first-order chi connectivity index (χ1) is 8.99. The molecule has 0 bridgehead atoms. The number of anilines is 2. The maximum Gasteiger partial charge on any atom is 0.255 e. The van der Waals surface area contributed by atoms with E-state index in [4.69, 9.17) is 28.9 Å². The van der Waals surface area contributed by atoms with Gasteiger partial charge in [0.2, 0.25) is 0 Å². The molecule has 0 saturated heterocycles. The molecule has 2 rings (SSSR count). The minimum Gasteiger partial charge on any atom is -0.397 e. The van der Waals surface area contributed by atoms with Crippen LogP contribution in [0.15, 0.2) is 30.6 Å². The number of halogens is 2. The summed E-state index contributed by atoms with van der Waals surface area (Å²) in [6.07, 6.45) is 3.23. The molecule has 0 aliphatic carbocycles. The molecule has 3 N–H and O–H groups in total. The minimum atomic E-state index is -0.318. The molecular formula is C13H11Cl2N3O. The van der Waals surface area contributed by atoms with Gasteiger partial charge in [0.15, 0.2) is 0 Å². The molecule has 0 spiro atoms. The van der Waals surface area contributed by atoms with Crippen molar-refractivity contribution in [3.05, 3.63) is 51.8 Å². The van der Waals surface area contributed by atoms with Crippen LogP contribution in [0, 0.1) is 6.92 Å². The number of nitrogens with two attached hydrogens (primary N) is 1. The first-order valence-electron chi connectivity index (χ1n) is 5.45. The molecule has 1 aromatic heterocycles. The van der Waals surface area contributed by atoms with Crippen LogP contribution in [0.3, 0.4) is 0 Å². The summed E-state index contributed by atoms with van der Waals surface area (Å²) in [5.41, 5.74) is 7.83. The normalized spacial score (nSPS) is 10.3. The van der Waals surface area contributed by atoms with Gasteiger partial charge >= 0.3 is 0 Å². The van der Waals surface area contributed by atoms with Gasteiger partial charge in [-0.3, -0.25) is 9.78 Å². The van der Waals surface area contributed by atoms with Gasteiger partial charge < -0.3 is 11.1 Å². The Morgan fingerprint density at radius 3 is 2.74 bits per heavy atom. The van der Waals surface area contributed by atoms with Gasteiger partial charge in [0.1, 0.15) is 0 Å². The van der Waals surface area contributed by atoms with Gasteiger partial charge in [-0.2, -0.15) is 0 Å². The van der Waals surface area contributed by atoms with Gasteiger partial charge in [0.05, 0.1) is 27.6 Å². The second-order valence-electron chi connectivity index (χ2n) is 4.01. The Morgan fingerprint density at radius 2 is 2.11 bits per heavy atom. The number of nitrogen functional groups attached to an aromatic ring is 1. The van der Waals surface area contributed by atoms with Gasteiger partial charge in [0.25, 0.3) is 5.91 Å². The Kier molecular flexibility index (Phi) is 3.93. The maximum atomic E-state index is 12.1.